The molecule has 3 aromatic carbocycles. The largest absolute Gasteiger partial charge is 0.364 e. The molecule has 0 aliphatic carbocycles. The van der Waals surface area contributed by atoms with Crippen LogP contribution in [0.3, 0.4) is 0 Å². The van der Waals surface area contributed by atoms with Crippen molar-refractivity contribution in [1.82, 2.24) is 0 Å². The van der Waals surface area contributed by atoms with Crippen LogP contribution in [0.2, 0.25) is 0 Å². The molecule has 0 atom stereocenters. The second-order valence-electron chi connectivity index (χ2n) is 5.82. The van der Waals surface area contributed by atoms with Crippen molar-refractivity contribution in [1.29, 1.82) is 0 Å². The lowest BCUT2D eigenvalue weighted by molar-refractivity contribution is -0.0434. The number of hydrogen-bond donors (Lipinski definition) is 2. The van der Waals surface area contributed by atoms with E-state index in [1.807, 2.05) is 54.6 Å². The lowest BCUT2D eigenvalue weighted by Gasteiger charge is -2.34. The fourth-order valence-corrected chi connectivity index (χ4v) is 3.20. The number of hydrogen-bond acceptors (Lipinski definition) is 2. The maximum Gasteiger partial charge on any atom is 0.178 e. The Labute approximate surface area is 136 Å². The maximum absolute atomic E-state index is 9.82. The molecule has 116 valence electrons. The molecule has 3 rings (SSSR count). The molecule has 0 bridgehead atoms. The molecule has 0 fully saturated rings. The molecular weight excluding hydrogens is 284 g/mol. The van der Waals surface area contributed by atoms with Gasteiger partial charge in [-0.25, -0.2) is 0 Å². The van der Waals surface area contributed by atoms with Crippen molar-refractivity contribution in [3.8, 4) is 0 Å². The van der Waals surface area contributed by atoms with E-state index >= 15 is 0 Å². The van der Waals surface area contributed by atoms with Crippen LogP contribution in [0.4, 0.5) is 0 Å². The van der Waals surface area contributed by atoms with Crippen LogP contribution in [-0.2, 0) is 5.41 Å². The minimum Gasteiger partial charge on any atom is -0.364 e. The van der Waals surface area contributed by atoms with E-state index in [1.165, 1.54) is 0 Å². The van der Waals surface area contributed by atoms with Gasteiger partial charge in [-0.3, -0.25) is 0 Å². The predicted molar refractivity (Wildman–Crippen MR) is 92.1 cm³/mol. The van der Waals surface area contributed by atoms with E-state index < -0.39 is 11.7 Å². The summed E-state index contributed by atoms with van der Waals surface area (Å²) in [7, 11) is 0. The molecule has 0 aromatic heterocycles. The second kappa shape index (κ2) is 6.37. The van der Waals surface area contributed by atoms with Crippen LogP contribution in [0.1, 0.15) is 35.5 Å². The van der Waals surface area contributed by atoms with Gasteiger partial charge in [0.1, 0.15) is 0 Å². The van der Waals surface area contributed by atoms with Gasteiger partial charge in [0.15, 0.2) is 6.29 Å². The van der Waals surface area contributed by atoms with Crippen LogP contribution < -0.4 is 0 Å². The first kappa shape index (κ1) is 15.5. The van der Waals surface area contributed by atoms with Crippen molar-refractivity contribution in [3.63, 3.8) is 0 Å². The quantitative estimate of drug-likeness (QED) is 0.564. The smallest absolute Gasteiger partial charge is 0.178 e. The molecule has 0 spiro atoms. The normalized spacial score (nSPS) is 11.7. The van der Waals surface area contributed by atoms with Gasteiger partial charge in [0.25, 0.3) is 0 Å². The standard InChI is InChI=1S/C21H20O2/c1-21(16-10-4-2-5-11-16,17-12-6-3-7-13-17)19-15-9-8-14-18(19)20(22)23/h2-15,20,22-23H,1H3. The van der Waals surface area contributed by atoms with Gasteiger partial charge in [-0.1, -0.05) is 84.9 Å². The van der Waals surface area contributed by atoms with Crippen LogP contribution in [-0.4, -0.2) is 10.2 Å². The molecule has 0 saturated heterocycles. The van der Waals surface area contributed by atoms with E-state index in [1.54, 1.807) is 6.07 Å². The van der Waals surface area contributed by atoms with Crippen molar-refractivity contribution in [2.45, 2.75) is 18.6 Å². The zero-order valence-corrected chi connectivity index (χ0v) is 13.1. The van der Waals surface area contributed by atoms with Gasteiger partial charge in [-0.15, -0.1) is 0 Å². The Morgan fingerprint density at radius 3 is 1.57 bits per heavy atom. The molecule has 0 heterocycles. The van der Waals surface area contributed by atoms with E-state index in [4.69, 9.17) is 0 Å². The molecular formula is C21H20O2. The summed E-state index contributed by atoms with van der Waals surface area (Å²) >= 11 is 0. The lowest BCUT2D eigenvalue weighted by Crippen LogP contribution is -2.27. The third-order valence-corrected chi connectivity index (χ3v) is 4.48. The summed E-state index contributed by atoms with van der Waals surface area (Å²) in [5.74, 6) is 0. The van der Waals surface area contributed by atoms with Gasteiger partial charge in [0.2, 0.25) is 0 Å². The fraction of sp³-hybridized carbons (Fsp3) is 0.143. The van der Waals surface area contributed by atoms with Crippen molar-refractivity contribution in [2.24, 2.45) is 0 Å². The van der Waals surface area contributed by atoms with Crippen molar-refractivity contribution < 1.29 is 10.2 Å². The summed E-state index contributed by atoms with van der Waals surface area (Å²) in [5.41, 5.74) is 3.18. The molecule has 0 unspecified atom stereocenters. The first-order valence-corrected chi connectivity index (χ1v) is 7.70. The Morgan fingerprint density at radius 2 is 1.09 bits per heavy atom. The molecule has 0 radical (unpaired) electrons. The summed E-state index contributed by atoms with van der Waals surface area (Å²) in [5, 5.41) is 19.6. The summed E-state index contributed by atoms with van der Waals surface area (Å²) in [6, 6.07) is 27.8. The molecule has 0 aliphatic rings. The highest BCUT2D eigenvalue weighted by Gasteiger charge is 2.33. The third-order valence-electron chi connectivity index (χ3n) is 4.48. The van der Waals surface area contributed by atoms with Crippen LogP contribution >= 0.6 is 0 Å². The monoisotopic (exact) mass is 304 g/mol. The van der Waals surface area contributed by atoms with Crippen LogP contribution in [0.25, 0.3) is 0 Å². The van der Waals surface area contributed by atoms with E-state index in [0.717, 1.165) is 16.7 Å². The summed E-state index contributed by atoms with van der Waals surface area (Å²) in [4.78, 5) is 0. The van der Waals surface area contributed by atoms with Gasteiger partial charge in [0, 0.05) is 11.0 Å². The summed E-state index contributed by atoms with van der Waals surface area (Å²) in [6.45, 7) is 2.12. The molecule has 2 N–H and O–H groups in total. The van der Waals surface area contributed by atoms with E-state index in [-0.39, 0.29) is 0 Å². The Morgan fingerprint density at radius 1 is 0.652 bits per heavy atom. The average molecular weight is 304 g/mol. The van der Waals surface area contributed by atoms with E-state index in [2.05, 4.69) is 31.2 Å². The molecule has 2 nitrogen and oxygen atoms in total. The Bertz CT molecular complexity index is 725. The van der Waals surface area contributed by atoms with Crippen LogP contribution in [0.15, 0.2) is 84.9 Å². The van der Waals surface area contributed by atoms with E-state index in [9.17, 15) is 10.2 Å². The zero-order valence-electron chi connectivity index (χ0n) is 13.1. The van der Waals surface area contributed by atoms with Gasteiger partial charge in [-0.2, -0.15) is 0 Å². The van der Waals surface area contributed by atoms with E-state index in [0.29, 0.717) is 5.56 Å². The van der Waals surface area contributed by atoms with Crippen LogP contribution in [0.5, 0.6) is 0 Å². The highest BCUT2D eigenvalue weighted by molar-refractivity contribution is 5.52. The molecule has 2 heteroatoms. The van der Waals surface area contributed by atoms with Crippen molar-refractivity contribution in [2.75, 3.05) is 0 Å². The van der Waals surface area contributed by atoms with Gasteiger partial charge >= 0.3 is 0 Å². The zero-order chi connectivity index (χ0) is 16.3. The minimum absolute atomic E-state index is 0.469. The van der Waals surface area contributed by atoms with Crippen molar-refractivity contribution in [3.05, 3.63) is 107 Å². The predicted octanol–water partition coefficient (Wildman–Crippen LogP) is 4.02. The number of rotatable bonds is 4. The Kier molecular flexibility index (Phi) is 4.28. The van der Waals surface area contributed by atoms with Crippen LogP contribution in [0, 0.1) is 0 Å². The maximum atomic E-state index is 9.82. The Hall–Kier alpha value is -2.42. The first-order valence-electron chi connectivity index (χ1n) is 7.70. The fourth-order valence-electron chi connectivity index (χ4n) is 3.20. The van der Waals surface area contributed by atoms with Gasteiger partial charge < -0.3 is 10.2 Å². The molecule has 0 amide bonds. The average Bonchev–Trinajstić information content (AvgIpc) is 2.62. The highest BCUT2D eigenvalue weighted by Crippen LogP contribution is 2.41. The highest BCUT2D eigenvalue weighted by atomic mass is 16.5. The molecule has 0 aliphatic heterocycles. The number of aliphatic hydroxyl groups is 2. The second-order valence-corrected chi connectivity index (χ2v) is 5.82. The molecule has 23 heavy (non-hydrogen) atoms. The van der Waals surface area contributed by atoms with Gasteiger partial charge in [0.05, 0.1) is 0 Å². The number of benzene rings is 3. The third kappa shape index (κ3) is 2.79. The Balaban J connectivity index is 2.30. The topological polar surface area (TPSA) is 40.5 Å². The van der Waals surface area contributed by atoms with Gasteiger partial charge in [-0.05, 0) is 23.6 Å². The van der Waals surface area contributed by atoms with Crippen molar-refractivity contribution >= 4 is 0 Å². The molecule has 0 saturated carbocycles. The summed E-state index contributed by atoms with van der Waals surface area (Å²) < 4.78 is 0. The molecule has 3 aromatic rings. The minimum atomic E-state index is -1.50. The summed E-state index contributed by atoms with van der Waals surface area (Å²) in [6.07, 6.45) is -1.50. The first-order chi connectivity index (χ1) is 11.1. The number of aliphatic hydroxyl groups excluding tert-OH is 1. The lowest BCUT2D eigenvalue weighted by atomic mass is 9.69. The SMILES string of the molecule is CC(c1ccccc1)(c1ccccc1)c1ccccc1C(O)O.